The predicted octanol–water partition coefficient (Wildman–Crippen LogP) is 4.18. The Hall–Kier alpha value is -0.900. The van der Waals surface area contributed by atoms with Crippen LogP contribution in [0.1, 0.15) is 19.4 Å². The van der Waals surface area contributed by atoms with Crippen LogP contribution in [0.25, 0.3) is 0 Å². The van der Waals surface area contributed by atoms with Gasteiger partial charge in [-0.15, -0.1) is 0 Å². The zero-order valence-electron chi connectivity index (χ0n) is 8.32. The van der Waals surface area contributed by atoms with Crippen LogP contribution in [-0.2, 0) is 6.18 Å². The van der Waals surface area contributed by atoms with Crippen LogP contribution in [0.3, 0.4) is 0 Å². The SMILES string of the molecule is CC(C)Nc1c(Cl)cccc1C(F)(F)F. The van der Waals surface area contributed by atoms with E-state index in [0.29, 0.717) is 0 Å². The molecule has 0 radical (unpaired) electrons. The van der Waals surface area contributed by atoms with E-state index >= 15 is 0 Å². The molecule has 0 spiro atoms. The Morgan fingerprint density at radius 2 is 1.87 bits per heavy atom. The molecule has 0 atom stereocenters. The van der Waals surface area contributed by atoms with Crippen LogP contribution in [0.2, 0.25) is 5.02 Å². The Balaban J connectivity index is 3.21. The lowest BCUT2D eigenvalue weighted by atomic mass is 10.1. The molecule has 1 N–H and O–H groups in total. The number of para-hydroxylation sites is 1. The summed E-state index contributed by atoms with van der Waals surface area (Å²) < 4.78 is 37.7. The molecule has 0 saturated heterocycles. The van der Waals surface area contributed by atoms with Gasteiger partial charge in [-0.1, -0.05) is 17.7 Å². The normalized spacial score (nSPS) is 11.9. The number of benzene rings is 1. The Labute approximate surface area is 91.2 Å². The Morgan fingerprint density at radius 1 is 1.27 bits per heavy atom. The van der Waals surface area contributed by atoms with Gasteiger partial charge in [0.1, 0.15) is 0 Å². The van der Waals surface area contributed by atoms with Gasteiger partial charge in [-0.3, -0.25) is 0 Å². The molecule has 0 heterocycles. The van der Waals surface area contributed by atoms with Crippen LogP contribution in [0, 0.1) is 0 Å². The third-order valence-electron chi connectivity index (χ3n) is 1.75. The molecule has 1 rings (SSSR count). The second-order valence-electron chi connectivity index (χ2n) is 3.46. The molecule has 0 aliphatic heterocycles. The zero-order chi connectivity index (χ0) is 11.6. The van der Waals surface area contributed by atoms with Gasteiger partial charge < -0.3 is 5.32 Å². The summed E-state index contributed by atoms with van der Waals surface area (Å²) in [6.07, 6.45) is -4.39. The van der Waals surface area contributed by atoms with Crippen molar-refractivity contribution in [2.45, 2.75) is 26.1 Å². The number of hydrogen-bond acceptors (Lipinski definition) is 1. The van der Waals surface area contributed by atoms with Gasteiger partial charge in [0.2, 0.25) is 0 Å². The molecule has 0 aromatic heterocycles. The largest absolute Gasteiger partial charge is 0.418 e. The maximum absolute atomic E-state index is 12.6. The standard InChI is InChI=1S/C10H11ClF3N/c1-6(2)15-9-7(10(12,13)14)4-3-5-8(9)11/h3-6,15H,1-2H3. The van der Waals surface area contributed by atoms with E-state index in [4.69, 9.17) is 11.6 Å². The van der Waals surface area contributed by atoms with E-state index in [9.17, 15) is 13.2 Å². The van der Waals surface area contributed by atoms with Gasteiger partial charge in [0.15, 0.2) is 0 Å². The van der Waals surface area contributed by atoms with Gasteiger partial charge in [-0.05, 0) is 26.0 Å². The molecule has 0 fully saturated rings. The first kappa shape index (κ1) is 12.2. The van der Waals surface area contributed by atoms with Crippen LogP contribution in [-0.4, -0.2) is 6.04 Å². The Kier molecular flexibility index (Phi) is 3.50. The molecule has 5 heteroatoms. The second-order valence-corrected chi connectivity index (χ2v) is 3.87. The lowest BCUT2D eigenvalue weighted by Crippen LogP contribution is -2.16. The van der Waals surface area contributed by atoms with E-state index in [1.807, 2.05) is 0 Å². The smallest absolute Gasteiger partial charge is 0.381 e. The van der Waals surface area contributed by atoms with Crippen molar-refractivity contribution in [3.8, 4) is 0 Å². The fraction of sp³-hybridized carbons (Fsp3) is 0.400. The summed E-state index contributed by atoms with van der Waals surface area (Å²) in [5.74, 6) is 0. The van der Waals surface area contributed by atoms with Crippen molar-refractivity contribution < 1.29 is 13.2 Å². The average Bonchev–Trinajstić information content (AvgIpc) is 2.05. The number of hydrogen-bond donors (Lipinski definition) is 1. The molecular weight excluding hydrogens is 227 g/mol. The Bertz CT molecular complexity index is 347. The third kappa shape index (κ3) is 3.02. The highest BCUT2D eigenvalue weighted by atomic mass is 35.5. The number of rotatable bonds is 2. The molecule has 0 aliphatic rings. The summed E-state index contributed by atoms with van der Waals surface area (Å²) in [6, 6.07) is 3.63. The lowest BCUT2D eigenvalue weighted by molar-refractivity contribution is -0.136. The molecule has 1 aromatic carbocycles. The summed E-state index contributed by atoms with van der Waals surface area (Å²) >= 11 is 5.72. The van der Waals surface area contributed by atoms with Crippen LogP contribution < -0.4 is 5.32 Å². The lowest BCUT2D eigenvalue weighted by Gasteiger charge is -2.17. The predicted molar refractivity (Wildman–Crippen MR) is 55.2 cm³/mol. The average molecular weight is 238 g/mol. The second kappa shape index (κ2) is 4.31. The van der Waals surface area contributed by atoms with Gasteiger partial charge in [0.25, 0.3) is 0 Å². The van der Waals surface area contributed by atoms with E-state index in [0.717, 1.165) is 6.07 Å². The monoisotopic (exact) mass is 237 g/mol. The highest BCUT2D eigenvalue weighted by Gasteiger charge is 2.34. The zero-order valence-corrected chi connectivity index (χ0v) is 9.08. The molecular formula is C10H11ClF3N. The van der Waals surface area contributed by atoms with Gasteiger partial charge in [0.05, 0.1) is 16.3 Å². The fourth-order valence-corrected chi connectivity index (χ4v) is 1.42. The van der Waals surface area contributed by atoms with Gasteiger partial charge >= 0.3 is 6.18 Å². The van der Waals surface area contributed by atoms with Crippen LogP contribution in [0.15, 0.2) is 18.2 Å². The minimum atomic E-state index is -4.39. The van der Waals surface area contributed by atoms with E-state index in [-0.39, 0.29) is 16.8 Å². The molecule has 1 nitrogen and oxygen atoms in total. The highest BCUT2D eigenvalue weighted by Crippen LogP contribution is 2.38. The molecule has 15 heavy (non-hydrogen) atoms. The van der Waals surface area contributed by atoms with Gasteiger partial charge in [-0.2, -0.15) is 13.2 Å². The maximum Gasteiger partial charge on any atom is 0.418 e. The summed E-state index contributed by atoms with van der Waals surface area (Å²) in [6.45, 7) is 3.51. The van der Waals surface area contributed by atoms with E-state index in [2.05, 4.69) is 5.32 Å². The molecule has 84 valence electrons. The number of anilines is 1. The number of alkyl halides is 3. The van der Waals surface area contributed by atoms with Gasteiger partial charge in [0, 0.05) is 6.04 Å². The highest BCUT2D eigenvalue weighted by molar-refractivity contribution is 6.33. The molecule has 1 aromatic rings. The summed E-state index contributed by atoms with van der Waals surface area (Å²) in [5.41, 5.74) is -0.787. The van der Waals surface area contributed by atoms with E-state index in [1.165, 1.54) is 12.1 Å². The Morgan fingerprint density at radius 3 is 2.33 bits per heavy atom. The fourth-order valence-electron chi connectivity index (χ4n) is 1.20. The molecule has 0 bridgehead atoms. The first-order valence-electron chi connectivity index (χ1n) is 4.44. The van der Waals surface area contributed by atoms with Crippen molar-refractivity contribution in [2.24, 2.45) is 0 Å². The summed E-state index contributed by atoms with van der Waals surface area (Å²) in [7, 11) is 0. The van der Waals surface area contributed by atoms with E-state index < -0.39 is 11.7 Å². The number of nitrogens with one attached hydrogen (secondary N) is 1. The van der Waals surface area contributed by atoms with Crippen molar-refractivity contribution >= 4 is 17.3 Å². The third-order valence-corrected chi connectivity index (χ3v) is 2.07. The quantitative estimate of drug-likeness (QED) is 0.814. The van der Waals surface area contributed by atoms with Crippen molar-refractivity contribution in [2.75, 3.05) is 5.32 Å². The van der Waals surface area contributed by atoms with Crippen LogP contribution in [0.5, 0.6) is 0 Å². The van der Waals surface area contributed by atoms with Crippen LogP contribution in [0.4, 0.5) is 18.9 Å². The van der Waals surface area contributed by atoms with E-state index in [1.54, 1.807) is 13.8 Å². The first-order chi connectivity index (χ1) is 6.82. The number of halogens is 4. The minimum Gasteiger partial charge on any atom is -0.381 e. The first-order valence-corrected chi connectivity index (χ1v) is 4.82. The van der Waals surface area contributed by atoms with Crippen molar-refractivity contribution in [1.82, 2.24) is 0 Å². The summed E-state index contributed by atoms with van der Waals surface area (Å²) in [5, 5.41) is 2.78. The van der Waals surface area contributed by atoms with Crippen molar-refractivity contribution in [3.63, 3.8) is 0 Å². The maximum atomic E-state index is 12.6. The molecule has 0 saturated carbocycles. The molecule has 0 amide bonds. The summed E-state index contributed by atoms with van der Waals surface area (Å²) in [4.78, 5) is 0. The van der Waals surface area contributed by atoms with Gasteiger partial charge in [-0.25, -0.2) is 0 Å². The van der Waals surface area contributed by atoms with Crippen molar-refractivity contribution in [3.05, 3.63) is 28.8 Å². The van der Waals surface area contributed by atoms with Crippen molar-refractivity contribution in [1.29, 1.82) is 0 Å². The molecule has 0 aliphatic carbocycles. The minimum absolute atomic E-state index is 0.0540. The molecule has 0 unspecified atom stereocenters. The van der Waals surface area contributed by atoms with Crippen LogP contribution >= 0.6 is 11.6 Å². The topological polar surface area (TPSA) is 12.0 Å².